The van der Waals surface area contributed by atoms with Crippen molar-refractivity contribution in [3.63, 3.8) is 0 Å². The number of hydrogen-bond acceptors (Lipinski definition) is 3. The molecule has 1 aliphatic heterocycles. The number of benzene rings is 1. The van der Waals surface area contributed by atoms with Crippen LogP contribution in [0.1, 0.15) is 32.3 Å². The van der Waals surface area contributed by atoms with E-state index in [4.69, 9.17) is 11.6 Å². The van der Waals surface area contributed by atoms with E-state index in [9.17, 15) is 14.4 Å². The zero-order valence-electron chi connectivity index (χ0n) is 13.4. The fourth-order valence-electron chi connectivity index (χ4n) is 2.36. The molecular weight excluding hydrogens is 318 g/mol. The molecule has 4 amide bonds. The van der Waals surface area contributed by atoms with E-state index >= 15 is 0 Å². The maximum Gasteiger partial charge on any atom is 0.325 e. The summed E-state index contributed by atoms with van der Waals surface area (Å²) in [6.07, 6.45) is 0.615. The topological polar surface area (TPSA) is 78.5 Å². The summed E-state index contributed by atoms with van der Waals surface area (Å²) in [5.41, 5.74) is 0.703. The first-order chi connectivity index (χ1) is 10.7. The Morgan fingerprint density at radius 2 is 2.04 bits per heavy atom. The summed E-state index contributed by atoms with van der Waals surface area (Å²) in [5.74, 6) is -0.449. The van der Waals surface area contributed by atoms with Crippen LogP contribution in [0.4, 0.5) is 10.5 Å². The van der Waals surface area contributed by atoms with Gasteiger partial charge in [-0.3, -0.25) is 14.5 Å². The first kappa shape index (κ1) is 17.3. The van der Waals surface area contributed by atoms with E-state index in [1.54, 1.807) is 26.0 Å². The van der Waals surface area contributed by atoms with Gasteiger partial charge in [0.25, 0.3) is 5.91 Å². The standard InChI is InChI=1S/C16H20ClN3O3/c1-10-6-7-11(17)9-12(10)18-13(21)5-4-8-20-14(22)16(2,3)19-15(20)23/h6-7,9H,4-5,8H2,1-3H3,(H,18,21)(H,19,23). The Kier molecular flexibility index (Phi) is 4.94. The van der Waals surface area contributed by atoms with Crippen molar-refractivity contribution in [2.75, 3.05) is 11.9 Å². The molecule has 1 aromatic carbocycles. The zero-order chi connectivity index (χ0) is 17.2. The number of halogens is 1. The van der Waals surface area contributed by atoms with E-state index in [1.165, 1.54) is 0 Å². The van der Waals surface area contributed by atoms with Gasteiger partial charge in [0.15, 0.2) is 0 Å². The molecule has 6 nitrogen and oxygen atoms in total. The summed E-state index contributed by atoms with van der Waals surface area (Å²) in [7, 11) is 0. The van der Waals surface area contributed by atoms with E-state index in [0.717, 1.165) is 10.5 Å². The number of nitrogens with zero attached hydrogens (tertiary/aromatic N) is 1. The molecule has 0 bridgehead atoms. The number of carbonyl (C=O) groups excluding carboxylic acids is 3. The van der Waals surface area contributed by atoms with Crippen LogP contribution in [0.2, 0.25) is 5.02 Å². The summed E-state index contributed by atoms with van der Waals surface area (Å²) < 4.78 is 0. The lowest BCUT2D eigenvalue weighted by atomic mass is 10.1. The van der Waals surface area contributed by atoms with E-state index < -0.39 is 11.6 Å². The molecule has 1 aliphatic rings. The predicted octanol–water partition coefficient (Wildman–Crippen LogP) is 2.70. The van der Waals surface area contributed by atoms with Gasteiger partial charge in [-0.15, -0.1) is 0 Å². The first-order valence-corrected chi connectivity index (χ1v) is 7.78. The van der Waals surface area contributed by atoms with Crippen LogP contribution < -0.4 is 10.6 Å². The van der Waals surface area contributed by atoms with Gasteiger partial charge < -0.3 is 10.6 Å². The van der Waals surface area contributed by atoms with Crippen molar-refractivity contribution < 1.29 is 14.4 Å². The normalized spacial score (nSPS) is 16.4. The second-order valence-electron chi connectivity index (χ2n) is 6.12. The first-order valence-electron chi connectivity index (χ1n) is 7.41. The summed E-state index contributed by atoms with van der Waals surface area (Å²) in [5, 5.41) is 5.94. The molecule has 0 unspecified atom stereocenters. The highest BCUT2D eigenvalue weighted by Crippen LogP contribution is 2.21. The van der Waals surface area contributed by atoms with Crippen LogP contribution in [-0.2, 0) is 9.59 Å². The largest absolute Gasteiger partial charge is 0.326 e. The molecule has 1 fully saturated rings. The highest BCUT2D eigenvalue weighted by Gasteiger charge is 2.43. The van der Waals surface area contributed by atoms with Crippen LogP contribution in [0, 0.1) is 6.92 Å². The molecule has 0 radical (unpaired) electrons. The fraction of sp³-hybridized carbons (Fsp3) is 0.438. The Morgan fingerprint density at radius 3 is 2.65 bits per heavy atom. The number of aryl methyl sites for hydroxylation is 1. The molecule has 0 atom stereocenters. The van der Waals surface area contributed by atoms with Gasteiger partial charge >= 0.3 is 6.03 Å². The Bertz CT molecular complexity index is 658. The van der Waals surface area contributed by atoms with Gasteiger partial charge in [-0.1, -0.05) is 17.7 Å². The third kappa shape index (κ3) is 4.01. The molecule has 2 N–H and O–H groups in total. The van der Waals surface area contributed by atoms with Gasteiger partial charge in [-0.05, 0) is 44.9 Å². The van der Waals surface area contributed by atoms with Crippen LogP contribution in [0.3, 0.4) is 0 Å². The van der Waals surface area contributed by atoms with Gasteiger partial charge in [-0.25, -0.2) is 4.79 Å². The van der Waals surface area contributed by atoms with Crippen molar-refractivity contribution in [2.24, 2.45) is 0 Å². The molecule has 23 heavy (non-hydrogen) atoms. The van der Waals surface area contributed by atoms with Crippen LogP contribution in [0.25, 0.3) is 0 Å². The fourth-order valence-corrected chi connectivity index (χ4v) is 2.53. The van der Waals surface area contributed by atoms with E-state index in [1.807, 2.05) is 13.0 Å². The molecule has 1 aromatic rings. The number of nitrogens with one attached hydrogen (secondary N) is 2. The van der Waals surface area contributed by atoms with Gasteiger partial charge in [0, 0.05) is 23.7 Å². The molecule has 1 heterocycles. The van der Waals surface area contributed by atoms with Gasteiger partial charge in [0.1, 0.15) is 5.54 Å². The Balaban J connectivity index is 1.85. The van der Waals surface area contributed by atoms with Crippen molar-refractivity contribution in [3.8, 4) is 0 Å². The van der Waals surface area contributed by atoms with Gasteiger partial charge in [0.05, 0.1) is 0 Å². The monoisotopic (exact) mass is 337 g/mol. The minimum atomic E-state index is -0.878. The number of amides is 4. The number of hydrogen-bond donors (Lipinski definition) is 2. The number of urea groups is 1. The molecule has 0 spiro atoms. The molecular formula is C16H20ClN3O3. The van der Waals surface area contributed by atoms with Crippen molar-refractivity contribution in [1.29, 1.82) is 0 Å². The Morgan fingerprint density at radius 1 is 1.35 bits per heavy atom. The van der Waals surface area contributed by atoms with Crippen molar-refractivity contribution in [1.82, 2.24) is 10.2 Å². The highest BCUT2D eigenvalue weighted by atomic mass is 35.5. The lowest BCUT2D eigenvalue weighted by molar-refractivity contribution is -0.130. The molecule has 124 valence electrons. The van der Waals surface area contributed by atoms with Crippen LogP contribution in [0.5, 0.6) is 0 Å². The Hall–Kier alpha value is -2.08. The third-order valence-electron chi connectivity index (χ3n) is 3.70. The second-order valence-corrected chi connectivity index (χ2v) is 6.56. The number of imide groups is 1. The molecule has 0 saturated carbocycles. The van der Waals surface area contributed by atoms with E-state index in [0.29, 0.717) is 17.1 Å². The smallest absolute Gasteiger partial charge is 0.325 e. The summed E-state index contributed by atoms with van der Waals surface area (Å²) in [6, 6.07) is 4.86. The van der Waals surface area contributed by atoms with Crippen LogP contribution in [-0.4, -0.2) is 34.8 Å². The Labute approximate surface area is 140 Å². The highest BCUT2D eigenvalue weighted by molar-refractivity contribution is 6.31. The minimum absolute atomic E-state index is 0.179. The SMILES string of the molecule is Cc1ccc(Cl)cc1NC(=O)CCCN1C(=O)NC(C)(C)C1=O. The number of carbonyl (C=O) groups is 3. The summed E-state index contributed by atoms with van der Waals surface area (Å²) in [6.45, 7) is 5.40. The lowest BCUT2D eigenvalue weighted by Crippen LogP contribution is -2.40. The molecule has 0 aliphatic carbocycles. The van der Waals surface area contributed by atoms with Crippen molar-refractivity contribution in [3.05, 3.63) is 28.8 Å². The maximum atomic E-state index is 12.0. The van der Waals surface area contributed by atoms with Crippen molar-refractivity contribution >= 4 is 35.1 Å². The van der Waals surface area contributed by atoms with E-state index in [2.05, 4.69) is 10.6 Å². The second kappa shape index (κ2) is 6.58. The number of rotatable bonds is 5. The molecule has 2 rings (SSSR count). The predicted molar refractivity (Wildman–Crippen MR) is 88.4 cm³/mol. The average molecular weight is 338 g/mol. The molecule has 1 saturated heterocycles. The molecule has 0 aromatic heterocycles. The van der Waals surface area contributed by atoms with Gasteiger partial charge in [-0.2, -0.15) is 0 Å². The zero-order valence-corrected chi connectivity index (χ0v) is 14.2. The van der Waals surface area contributed by atoms with Crippen LogP contribution in [0.15, 0.2) is 18.2 Å². The third-order valence-corrected chi connectivity index (χ3v) is 3.94. The molecule has 7 heteroatoms. The minimum Gasteiger partial charge on any atom is -0.326 e. The van der Waals surface area contributed by atoms with Crippen LogP contribution >= 0.6 is 11.6 Å². The summed E-state index contributed by atoms with van der Waals surface area (Å²) >= 11 is 5.91. The number of anilines is 1. The lowest BCUT2D eigenvalue weighted by Gasteiger charge is -2.15. The van der Waals surface area contributed by atoms with Crippen molar-refractivity contribution in [2.45, 2.75) is 39.2 Å². The summed E-state index contributed by atoms with van der Waals surface area (Å²) in [4.78, 5) is 36.9. The quantitative estimate of drug-likeness (QED) is 0.811. The average Bonchev–Trinajstić information content (AvgIpc) is 2.64. The van der Waals surface area contributed by atoms with Gasteiger partial charge in [0.2, 0.25) is 5.91 Å². The van der Waals surface area contributed by atoms with E-state index in [-0.39, 0.29) is 24.8 Å². The maximum absolute atomic E-state index is 12.0.